The van der Waals surface area contributed by atoms with Gasteiger partial charge in [0.05, 0.1) is 6.61 Å². The fourth-order valence-electron chi connectivity index (χ4n) is 1.97. The lowest BCUT2D eigenvalue weighted by molar-refractivity contribution is -0.113. The van der Waals surface area contributed by atoms with Crippen molar-refractivity contribution in [1.29, 1.82) is 0 Å². The zero-order valence-electron chi connectivity index (χ0n) is 12.8. The second-order valence-electron chi connectivity index (χ2n) is 4.75. The molecule has 0 spiro atoms. The first-order valence-electron chi connectivity index (χ1n) is 7.20. The fraction of sp³-hybridized carbons (Fsp3) is 0.167. The lowest BCUT2D eigenvalue weighted by Crippen LogP contribution is -2.05. The Hall–Kier alpha value is -2.46. The first kappa shape index (κ1) is 16.9. The van der Waals surface area contributed by atoms with Gasteiger partial charge in [-0.1, -0.05) is 35.9 Å². The van der Waals surface area contributed by atoms with Gasteiger partial charge in [0.1, 0.15) is 6.61 Å². The van der Waals surface area contributed by atoms with Crippen molar-refractivity contribution in [2.45, 2.75) is 13.5 Å². The number of nitrogens with two attached hydrogens (primary N) is 1. The summed E-state index contributed by atoms with van der Waals surface area (Å²) in [5.41, 5.74) is 6.80. The average molecular weight is 332 g/mol. The minimum Gasteiger partial charge on any atom is -0.490 e. The van der Waals surface area contributed by atoms with Crippen molar-refractivity contribution in [2.24, 2.45) is 5.73 Å². The molecule has 0 fully saturated rings. The summed E-state index contributed by atoms with van der Waals surface area (Å²) in [5, 5.41) is 0.659. The van der Waals surface area contributed by atoms with Gasteiger partial charge in [0.25, 0.3) is 0 Å². The van der Waals surface area contributed by atoms with E-state index in [1.807, 2.05) is 37.3 Å². The summed E-state index contributed by atoms with van der Waals surface area (Å²) < 4.78 is 11.4. The molecule has 2 aromatic rings. The van der Waals surface area contributed by atoms with Crippen molar-refractivity contribution in [3.8, 4) is 11.5 Å². The first-order valence-corrected chi connectivity index (χ1v) is 7.58. The van der Waals surface area contributed by atoms with Crippen molar-refractivity contribution in [2.75, 3.05) is 6.61 Å². The van der Waals surface area contributed by atoms with Crippen LogP contribution in [0.2, 0.25) is 5.02 Å². The van der Waals surface area contributed by atoms with E-state index >= 15 is 0 Å². The molecule has 2 rings (SSSR count). The standard InChI is InChI=1S/C18H18ClNO3/c1-2-22-17-11-13(8-10-18(20)21)7-9-16(17)23-12-14-5-3-4-6-15(14)19/h3-11H,2,12H2,1H3,(H2,20,21)/b10-8+. The van der Waals surface area contributed by atoms with E-state index in [4.69, 9.17) is 26.8 Å². The fourth-order valence-corrected chi connectivity index (χ4v) is 2.16. The number of amides is 1. The zero-order valence-corrected chi connectivity index (χ0v) is 13.5. The van der Waals surface area contributed by atoms with Gasteiger partial charge in [0.15, 0.2) is 11.5 Å². The molecule has 1 amide bonds. The Morgan fingerprint density at radius 3 is 2.65 bits per heavy atom. The van der Waals surface area contributed by atoms with Gasteiger partial charge in [0.2, 0.25) is 5.91 Å². The number of benzene rings is 2. The first-order chi connectivity index (χ1) is 11.1. The minimum absolute atomic E-state index is 0.343. The molecule has 0 aliphatic heterocycles. The van der Waals surface area contributed by atoms with Crippen LogP contribution < -0.4 is 15.2 Å². The molecule has 0 unspecified atom stereocenters. The number of primary amides is 1. The molecule has 0 atom stereocenters. The van der Waals surface area contributed by atoms with Gasteiger partial charge >= 0.3 is 0 Å². The Morgan fingerprint density at radius 2 is 1.96 bits per heavy atom. The predicted molar refractivity (Wildman–Crippen MR) is 91.6 cm³/mol. The molecule has 0 aromatic heterocycles. The largest absolute Gasteiger partial charge is 0.490 e. The number of carbonyl (C=O) groups excluding carboxylic acids is 1. The highest BCUT2D eigenvalue weighted by Crippen LogP contribution is 2.30. The number of rotatable bonds is 7. The number of hydrogen-bond donors (Lipinski definition) is 1. The molecule has 0 saturated carbocycles. The summed E-state index contributed by atoms with van der Waals surface area (Å²) in [6.07, 6.45) is 2.93. The van der Waals surface area contributed by atoms with Gasteiger partial charge < -0.3 is 15.2 Å². The lowest BCUT2D eigenvalue weighted by atomic mass is 10.2. The molecule has 23 heavy (non-hydrogen) atoms. The third-order valence-corrected chi connectivity index (χ3v) is 3.42. The van der Waals surface area contributed by atoms with E-state index in [-0.39, 0.29) is 0 Å². The molecule has 2 aromatic carbocycles. The summed E-state index contributed by atoms with van der Waals surface area (Å²) in [6, 6.07) is 12.9. The lowest BCUT2D eigenvalue weighted by Gasteiger charge is -2.13. The van der Waals surface area contributed by atoms with E-state index in [1.165, 1.54) is 6.08 Å². The van der Waals surface area contributed by atoms with Gasteiger partial charge in [-0.05, 0) is 36.8 Å². The van der Waals surface area contributed by atoms with E-state index in [0.29, 0.717) is 29.7 Å². The van der Waals surface area contributed by atoms with E-state index in [2.05, 4.69) is 0 Å². The average Bonchev–Trinajstić information content (AvgIpc) is 2.53. The predicted octanol–water partition coefficient (Wildman–Crippen LogP) is 3.82. The van der Waals surface area contributed by atoms with Crippen LogP contribution in [-0.4, -0.2) is 12.5 Å². The van der Waals surface area contributed by atoms with Crippen LogP contribution in [0.1, 0.15) is 18.1 Å². The van der Waals surface area contributed by atoms with Crippen molar-refractivity contribution in [3.05, 3.63) is 64.7 Å². The van der Waals surface area contributed by atoms with Crippen molar-refractivity contribution in [3.63, 3.8) is 0 Å². The van der Waals surface area contributed by atoms with Crippen LogP contribution in [0, 0.1) is 0 Å². The van der Waals surface area contributed by atoms with Crippen molar-refractivity contribution >= 4 is 23.6 Å². The number of ether oxygens (including phenoxy) is 2. The second kappa shape index (κ2) is 8.25. The molecule has 0 bridgehead atoms. The molecular weight excluding hydrogens is 314 g/mol. The van der Waals surface area contributed by atoms with Gasteiger partial charge in [-0.15, -0.1) is 0 Å². The van der Waals surface area contributed by atoms with Crippen LogP contribution in [0.3, 0.4) is 0 Å². The third-order valence-electron chi connectivity index (χ3n) is 3.05. The monoisotopic (exact) mass is 331 g/mol. The molecule has 5 heteroatoms. The maximum atomic E-state index is 10.8. The Balaban J connectivity index is 2.17. The molecule has 0 aliphatic carbocycles. The molecule has 0 heterocycles. The van der Waals surface area contributed by atoms with Gasteiger partial charge in [-0.2, -0.15) is 0 Å². The Labute approximate surface area is 140 Å². The maximum absolute atomic E-state index is 10.8. The van der Waals surface area contributed by atoms with Crippen LogP contribution in [0.15, 0.2) is 48.5 Å². The van der Waals surface area contributed by atoms with Crippen LogP contribution >= 0.6 is 11.6 Å². The van der Waals surface area contributed by atoms with Crippen molar-refractivity contribution < 1.29 is 14.3 Å². The molecule has 0 saturated heterocycles. The smallest absolute Gasteiger partial charge is 0.241 e. The quantitative estimate of drug-likeness (QED) is 0.785. The second-order valence-corrected chi connectivity index (χ2v) is 5.16. The molecule has 2 N–H and O–H groups in total. The van der Waals surface area contributed by atoms with E-state index in [1.54, 1.807) is 18.2 Å². The SMILES string of the molecule is CCOc1cc(/C=C/C(N)=O)ccc1OCc1ccccc1Cl. The number of hydrogen-bond acceptors (Lipinski definition) is 3. The molecule has 0 aliphatic rings. The summed E-state index contributed by atoms with van der Waals surface area (Å²) in [6.45, 7) is 2.74. The van der Waals surface area contributed by atoms with Crippen LogP contribution in [0.5, 0.6) is 11.5 Å². The molecule has 0 radical (unpaired) electrons. The summed E-state index contributed by atoms with van der Waals surface area (Å²) in [7, 11) is 0. The normalized spacial score (nSPS) is 10.7. The number of carbonyl (C=O) groups is 1. The Bertz CT molecular complexity index is 713. The molecular formula is C18H18ClNO3. The summed E-state index contributed by atoms with van der Waals surface area (Å²) in [5.74, 6) is 0.719. The van der Waals surface area contributed by atoms with Gasteiger partial charge in [-0.25, -0.2) is 0 Å². The molecule has 120 valence electrons. The van der Waals surface area contributed by atoms with E-state index in [0.717, 1.165) is 11.1 Å². The highest BCUT2D eigenvalue weighted by Gasteiger charge is 2.07. The third kappa shape index (κ3) is 5.04. The molecule has 4 nitrogen and oxygen atoms in total. The van der Waals surface area contributed by atoms with Gasteiger partial charge in [-0.3, -0.25) is 4.79 Å². The maximum Gasteiger partial charge on any atom is 0.241 e. The highest BCUT2D eigenvalue weighted by atomic mass is 35.5. The Kier molecular flexibility index (Phi) is 6.06. The number of halogens is 1. The van der Waals surface area contributed by atoms with Crippen LogP contribution in [0.25, 0.3) is 6.08 Å². The highest BCUT2D eigenvalue weighted by molar-refractivity contribution is 6.31. The van der Waals surface area contributed by atoms with Gasteiger partial charge in [0, 0.05) is 16.7 Å². The zero-order chi connectivity index (χ0) is 16.7. The summed E-state index contributed by atoms with van der Waals surface area (Å²) in [4.78, 5) is 10.8. The topological polar surface area (TPSA) is 61.5 Å². The Morgan fingerprint density at radius 1 is 1.17 bits per heavy atom. The van der Waals surface area contributed by atoms with Crippen molar-refractivity contribution in [1.82, 2.24) is 0 Å². The van der Waals surface area contributed by atoms with E-state index in [9.17, 15) is 4.79 Å². The summed E-state index contributed by atoms with van der Waals surface area (Å²) >= 11 is 6.12. The van der Waals surface area contributed by atoms with Crippen LogP contribution in [0.4, 0.5) is 0 Å². The minimum atomic E-state index is -0.498. The van der Waals surface area contributed by atoms with Crippen LogP contribution in [-0.2, 0) is 11.4 Å². The van der Waals surface area contributed by atoms with E-state index < -0.39 is 5.91 Å².